The average Bonchev–Trinajstić information content (AvgIpc) is 2.22. The van der Waals surface area contributed by atoms with Gasteiger partial charge in [-0.3, -0.25) is 0 Å². The summed E-state index contributed by atoms with van der Waals surface area (Å²) in [4.78, 5) is 0. The summed E-state index contributed by atoms with van der Waals surface area (Å²) in [7, 11) is 0. The van der Waals surface area contributed by atoms with Gasteiger partial charge in [-0.1, -0.05) is 45.4 Å². The highest BCUT2D eigenvalue weighted by Gasteiger charge is 2.02. The Morgan fingerprint density at radius 1 is 1.14 bits per heavy atom. The second-order valence-electron chi connectivity index (χ2n) is 3.81. The van der Waals surface area contributed by atoms with E-state index in [-0.39, 0.29) is 0 Å². The first-order chi connectivity index (χ1) is 6.65. The Bertz CT molecular complexity index is 201. The number of allylic oxidation sites excluding steroid dienone is 4. The normalized spacial score (nSPS) is 15.7. The molecule has 0 saturated carbocycles. The maximum atomic E-state index is 5.74. The zero-order valence-electron chi connectivity index (χ0n) is 10.1. The van der Waals surface area contributed by atoms with Crippen molar-refractivity contribution in [3.8, 4) is 0 Å². The van der Waals surface area contributed by atoms with Gasteiger partial charge >= 0.3 is 0 Å². The van der Waals surface area contributed by atoms with Crippen molar-refractivity contribution in [1.82, 2.24) is 0 Å². The van der Waals surface area contributed by atoms with Gasteiger partial charge in [0, 0.05) is 5.70 Å². The van der Waals surface area contributed by atoms with Gasteiger partial charge in [-0.25, -0.2) is 0 Å². The standard InChI is InChI=1S/C13H25N/c1-5-11(4)12(6-2)9-8-10-13(14)7-3/h9-11H,5-8,14H2,1-4H3/b12-9-,13-10-/t11-/m0/s1. The van der Waals surface area contributed by atoms with Crippen LogP contribution in [0.1, 0.15) is 53.4 Å². The SMILES string of the molecule is CC/C(N)=C/C/C=C(/CC)[C@@H](C)CC. The summed E-state index contributed by atoms with van der Waals surface area (Å²) in [5.41, 5.74) is 8.30. The number of hydrogen-bond donors (Lipinski definition) is 1. The van der Waals surface area contributed by atoms with Gasteiger partial charge in [0.25, 0.3) is 0 Å². The smallest absolute Gasteiger partial charge is 0.00403 e. The second kappa shape index (κ2) is 7.66. The molecule has 0 unspecified atom stereocenters. The van der Waals surface area contributed by atoms with Crippen LogP contribution in [0.2, 0.25) is 0 Å². The van der Waals surface area contributed by atoms with Crippen molar-refractivity contribution >= 4 is 0 Å². The summed E-state index contributed by atoms with van der Waals surface area (Å²) in [5, 5.41) is 0. The predicted molar refractivity (Wildman–Crippen MR) is 65.0 cm³/mol. The van der Waals surface area contributed by atoms with E-state index in [1.807, 2.05) is 0 Å². The van der Waals surface area contributed by atoms with Gasteiger partial charge in [-0.2, -0.15) is 0 Å². The highest BCUT2D eigenvalue weighted by molar-refractivity contribution is 5.09. The van der Waals surface area contributed by atoms with Crippen molar-refractivity contribution in [2.45, 2.75) is 53.4 Å². The van der Waals surface area contributed by atoms with Crippen LogP contribution in [0.5, 0.6) is 0 Å². The molecule has 1 nitrogen and oxygen atoms in total. The quantitative estimate of drug-likeness (QED) is 0.637. The molecule has 0 amide bonds. The zero-order valence-corrected chi connectivity index (χ0v) is 10.1. The fourth-order valence-electron chi connectivity index (χ4n) is 1.46. The van der Waals surface area contributed by atoms with Crippen LogP contribution >= 0.6 is 0 Å². The summed E-state index contributed by atoms with van der Waals surface area (Å²) in [6.07, 6.45) is 8.79. The van der Waals surface area contributed by atoms with E-state index in [0.29, 0.717) is 0 Å². The summed E-state index contributed by atoms with van der Waals surface area (Å²) in [6, 6.07) is 0. The molecule has 0 aliphatic rings. The molecule has 1 atom stereocenters. The van der Waals surface area contributed by atoms with Gasteiger partial charge in [0.1, 0.15) is 0 Å². The largest absolute Gasteiger partial charge is 0.402 e. The molecule has 0 aromatic carbocycles. The van der Waals surface area contributed by atoms with E-state index in [2.05, 4.69) is 39.8 Å². The van der Waals surface area contributed by atoms with Crippen molar-refractivity contribution in [1.29, 1.82) is 0 Å². The summed E-state index contributed by atoms with van der Waals surface area (Å²) >= 11 is 0. The molecule has 82 valence electrons. The molecule has 0 aromatic rings. The van der Waals surface area contributed by atoms with Crippen molar-refractivity contribution in [3.63, 3.8) is 0 Å². The highest BCUT2D eigenvalue weighted by Crippen LogP contribution is 2.18. The van der Waals surface area contributed by atoms with Gasteiger partial charge in [0.05, 0.1) is 0 Å². The lowest BCUT2D eigenvalue weighted by Crippen LogP contribution is -1.97. The van der Waals surface area contributed by atoms with Gasteiger partial charge in [-0.05, 0) is 31.6 Å². The Kier molecular flexibility index (Phi) is 7.27. The van der Waals surface area contributed by atoms with Crippen LogP contribution in [-0.4, -0.2) is 0 Å². The summed E-state index contributed by atoms with van der Waals surface area (Å²) in [5.74, 6) is 0.719. The number of hydrogen-bond acceptors (Lipinski definition) is 1. The average molecular weight is 195 g/mol. The number of rotatable bonds is 6. The minimum absolute atomic E-state index is 0.719. The van der Waals surface area contributed by atoms with Gasteiger partial charge in [0.15, 0.2) is 0 Å². The lowest BCUT2D eigenvalue weighted by atomic mass is 9.95. The first-order valence-electron chi connectivity index (χ1n) is 5.79. The summed E-state index contributed by atoms with van der Waals surface area (Å²) < 4.78 is 0. The van der Waals surface area contributed by atoms with E-state index in [1.54, 1.807) is 5.57 Å². The molecule has 0 heterocycles. The fraction of sp³-hybridized carbons (Fsp3) is 0.692. The lowest BCUT2D eigenvalue weighted by molar-refractivity contribution is 0.630. The van der Waals surface area contributed by atoms with Crippen LogP contribution in [0.15, 0.2) is 23.4 Å². The van der Waals surface area contributed by atoms with E-state index in [1.165, 1.54) is 6.42 Å². The third kappa shape index (κ3) is 5.11. The molecular weight excluding hydrogens is 170 g/mol. The first-order valence-corrected chi connectivity index (χ1v) is 5.79. The molecule has 2 N–H and O–H groups in total. The molecule has 0 aliphatic carbocycles. The van der Waals surface area contributed by atoms with Crippen LogP contribution in [-0.2, 0) is 0 Å². The molecule has 0 aromatic heterocycles. The Morgan fingerprint density at radius 3 is 2.21 bits per heavy atom. The van der Waals surface area contributed by atoms with Crippen molar-refractivity contribution in [2.24, 2.45) is 11.7 Å². The maximum absolute atomic E-state index is 5.74. The van der Waals surface area contributed by atoms with E-state index >= 15 is 0 Å². The number of nitrogens with two attached hydrogens (primary N) is 1. The molecule has 0 radical (unpaired) electrons. The van der Waals surface area contributed by atoms with Crippen LogP contribution in [0, 0.1) is 5.92 Å². The van der Waals surface area contributed by atoms with Crippen LogP contribution in [0.3, 0.4) is 0 Å². The molecule has 0 spiro atoms. The summed E-state index contributed by atoms with van der Waals surface area (Å²) in [6.45, 7) is 8.85. The molecule has 0 rings (SSSR count). The third-order valence-electron chi connectivity index (χ3n) is 2.82. The topological polar surface area (TPSA) is 26.0 Å². The van der Waals surface area contributed by atoms with Crippen LogP contribution in [0.25, 0.3) is 0 Å². The molecule has 0 saturated heterocycles. The van der Waals surface area contributed by atoms with Gasteiger partial charge in [0.2, 0.25) is 0 Å². The Hall–Kier alpha value is -0.720. The maximum Gasteiger partial charge on any atom is 0.00403 e. The van der Waals surface area contributed by atoms with Crippen molar-refractivity contribution < 1.29 is 0 Å². The van der Waals surface area contributed by atoms with Crippen LogP contribution in [0.4, 0.5) is 0 Å². The molecule has 0 fully saturated rings. The Morgan fingerprint density at radius 2 is 1.79 bits per heavy atom. The highest BCUT2D eigenvalue weighted by atomic mass is 14.6. The van der Waals surface area contributed by atoms with Crippen molar-refractivity contribution in [3.05, 3.63) is 23.4 Å². The monoisotopic (exact) mass is 195 g/mol. The third-order valence-corrected chi connectivity index (χ3v) is 2.82. The second-order valence-corrected chi connectivity index (χ2v) is 3.81. The molecular formula is C13H25N. The van der Waals surface area contributed by atoms with E-state index in [9.17, 15) is 0 Å². The molecule has 1 heteroatoms. The molecule has 0 aliphatic heterocycles. The lowest BCUT2D eigenvalue weighted by Gasteiger charge is -2.11. The minimum atomic E-state index is 0.719. The minimum Gasteiger partial charge on any atom is -0.402 e. The zero-order chi connectivity index (χ0) is 11.0. The Labute approximate surface area is 89.1 Å². The molecule has 0 bridgehead atoms. The fourth-order valence-corrected chi connectivity index (χ4v) is 1.46. The van der Waals surface area contributed by atoms with Gasteiger partial charge in [-0.15, -0.1) is 0 Å². The first kappa shape index (κ1) is 13.3. The molecule has 14 heavy (non-hydrogen) atoms. The van der Waals surface area contributed by atoms with E-state index in [0.717, 1.165) is 30.9 Å². The van der Waals surface area contributed by atoms with Crippen LogP contribution < -0.4 is 5.73 Å². The van der Waals surface area contributed by atoms with Gasteiger partial charge < -0.3 is 5.73 Å². The predicted octanol–water partition coefficient (Wildman–Crippen LogP) is 4.01. The Balaban J connectivity index is 4.18. The van der Waals surface area contributed by atoms with E-state index < -0.39 is 0 Å². The van der Waals surface area contributed by atoms with Crippen molar-refractivity contribution in [2.75, 3.05) is 0 Å². The van der Waals surface area contributed by atoms with E-state index in [4.69, 9.17) is 5.73 Å².